The molecule has 37 heavy (non-hydrogen) atoms. The van der Waals surface area contributed by atoms with Gasteiger partial charge in [-0.05, 0) is 47.7 Å². The maximum absolute atomic E-state index is 13.4. The summed E-state index contributed by atoms with van der Waals surface area (Å²) >= 11 is 0. The Labute approximate surface area is 213 Å². The fourth-order valence-electron chi connectivity index (χ4n) is 5.20. The Kier molecular flexibility index (Phi) is 6.91. The Morgan fingerprint density at radius 1 is 0.946 bits per heavy atom. The Balaban J connectivity index is 1.34. The van der Waals surface area contributed by atoms with E-state index in [-0.39, 0.29) is 30.9 Å². The molecule has 3 aromatic rings. The van der Waals surface area contributed by atoms with Gasteiger partial charge in [-0.1, -0.05) is 60.7 Å². The summed E-state index contributed by atoms with van der Waals surface area (Å²) in [6.07, 6.45) is -2.62. The smallest absolute Gasteiger partial charge is 0.373 e. The number of hydrogen-bond donors (Lipinski definition) is 1. The minimum Gasteiger partial charge on any atom is -0.373 e. The van der Waals surface area contributed by atoms with Gasteiger partial charge in [-0.25, -0.2) is 0 Å². The van der Waals surface area contributed by atoms with E-state index in [4.69, 9.17) is 0 Å². The fraction of sp³-hybridized carbons (Fsp3) is 0.310. The molecule has 0 aliphatic carbocycles. The third-order valence-electron chi connectivity index (χ3n) is 7.12. The van der Waals surface area contributed by atoms with Gasteiger partial charge in [0.1, 0.15) is 6.04 Å². The zero-order valence-corrected chi connectivity index (χ0v) is 20.2. The molecule has 1 fully saturated rings. The van der Waals surface area contributed by atoms with Crippen LogP contribution in [0.2, 0.25) is 0 Å². The van der Waals surface area contributed by atoms with E-state index >= 15 is 0 Å². The van der Waals surface area contributed by atoms with Crippen molar-refractivity contribution in [3.63, 3.8) is 0 Å². The largest absolute Gasteiger partial charge is 0.416 e. The summed E-state index contributed by atoms with van der Waals surface area (Å²) in [5, 5.41) is 3.27. The molecule has 5 rings (SSSR count). The molecular formula is C29H28F3N3O2. The monoisotopic (exact) mass is 507 g/mol. The van der Waals surface area contributed by atoms with Crippen LogP contribution in [0.1, 0.15) is 28.7 Å². The van der Waals surface area contributed by atoms with Crippen molar-refractivity contribution in [3.8, 4) is 0 Å². The van der Waals surface area contributed by atoms with Crippen molar-refractivity contribution in [2.45, 2.75) is 44.1 Å². The summed E-state index contributed by atoms with van der Waals surface area (Å²) in [6, 6.07) is 21.9. The number of rotatable bonds is 6. The average molecular weight is 508 g/mol. The number of piperazine rings is 1. The van der Waals surface area contributed by atoms with Crippen LogP contribution in [0.3, 0.4) is 0 Å². The SMILES string of the molecule is O=C([C@H]1Cc2ccccc2N1)N1CC(=O)N(Cc2cccc(C(F)(F)F)c2)[C@@H](CCc2ccccc2)C1. The predicted octanol–water partition coefficient (Wildman–Crippen LogP) is 4.91. The molecule has 2 aliphatic heterocycles. The van der Waals surface area contributed by atoms with Crippen LogP contribution in [0.4, 0.5) is 18.9 Å². The Hall–Kier alpha value is -3.81. The molecule has 0 spiro atoms. The van der Waals surface area contributed by atoms with Crippen molar-refractivity contribution in [1.82, 2.24) is 9.80 Å². The van der Waals surface area contributed by atoms with Gasteiger partial charge in [-0.15, -0.1) is 0 Å². The van der Waals surface area contributed by atoms with E-state index < -0.39 is 17.8 Å². The van der Waals surface area contributed by atoms with Crippen molar-refractivity contribution in [3.05, 3.63) is 101 Å². The number of nitrogens with zero attached hydrogens (tertiary/aromatic N) is 2. The molecule has 0 unspecified atom stereocenters. The molecule has 2 amide bonds. The second-order valence-corrected chi connectivity index (χ2v) is 9.67. The number of nitrogens with one attached hydrogen (secondary N) is 1. The van der Waals surface area contributed by atoms with Gasteiger partial charge in [-0.3, -0.25) is 9.59 Å². The number of anilines is 1. The third kappa shape index (κ3) is 5.63. The first-order valence-corrected chi connectivity index (χ1v) is 12.4. The molecule has 0 saturated carbocycles. The van der Waals surface area contributed by atoms with E-state index in [1.165, 1.54) is 6.07 Å². The van der Waals surface area contributed by atoms with Crippen LogP contribution >= 0.6 is 0 Å². The van der Waals surface area contributed by atoms with Gasteiger partial charge in [-0.2, -0.15) is 13.2 Å². The second-order valence-electron chi connectivity index (χ2n) is 9.67. The number of benzene rings is 3. The van der Waals surface area contributed by atoms with Crippen LogP contribution in [0.5, 0.6) is 0 Å². The Morgan fingerprint density at radius 3 is 2.43 bits per heavy atom. The molecule has 0 aromatic heterocycles. The standard InChI is InChI=1S/C29H28F3N3O2/c30-29(31,32)23-11-6-9-21(15-23)17-35-24(14-13-20-7-2-1-3-8-20)18-34(19-27(35)36)28(37)26-16-22-10-4-5-12-25(22)33-26/h1-12,15,24,26,33H,13-14,16-19H2/t24-,26+/m0/s1. The van der Waals surface area contributed by atoms with Gasteiger partial charge in [0.25, 0.3) is 0 Å². The van der Waals surface area contributed by atoms with Crippen molar-refractivity contribution in [1.29, 1.82) is 0 Å². The number of carbonyl (C=O) groups excluding carboxylic acids is 2. The quantitative estimate of drug-likeness (QED) is 0.516. The van der Waals surface area contributed by atoms with E-state index in [0.29, 0.717) is 31.4 Å². The van der Waals surface area contributed by atoms with Crippen molar-refractivity contribution < 1.29 is 22.8 Å². The summed E-state index contributed by atoms with van der Waals surface area (Å²) in [4.78, 5) is 30.0. The maximum Gasteiger partial charge on any atom is 0.416 e. The molecule has 2 aliphatic rings. The van der Waals surface area contributed by atoms with E-state index in [0.717, 1.165) is 28.9 Å². The van der Waals surface area contributed by atoms with Crippen LogP contribution in [0.25, 0.3) is 0 Å². The van der Waals surface area contributed by atoms with Crippen LogP contribution in [0, 0.1) is 0 Å². The Bertz CT molecular complexity index is 1250. The number of carbonyl (C=O) groups is 2. The zero-order valence-electron chi connectivity index (χ0n) is 20.2. The number of fused-ring (bicyclic) bond motifs is 1. The van der Waals surface area contributed by atoms with Crippen LogP contribution in [-0.4, -0.2) is 46.8 Å². The number of para-hydroxylation sites is 1. The molecule has 2 atom stereocenters. The normalized spacial score (nSPS) is 19.5. The van der Waals surface area contributed by atoms with Crippen molar-refractivity contribution in [2.75, 3.05) is 18.4 Å². The highest BCUT2D eigenvalue weighted by atomic mass is 19.4. The molecule has 0 bridgehead atoms. The van der Waals surface area contributed by atoms with Crippen LogP contribution < -0.4 is 5.32 Å². The lowest BCUT2D eigenvalue weighted by Gasteiger charge is -2.42. The molecule has 0 radical (unpaired) electrons. The van der Waals surface area contributed by atoms with Crippen LogP contribution in [-0.2, 0) is 35.2 Å². The molecule has 2 heterocycles. The highest BCUT2D eigenvalue weighted by molar-refractivity contribution is 5.92. The lowest BCUT2D eigenvalue weighted by Crippen LogP contribution is -2.59. The van der Waals surface area contributed by atoms with E-state index in [2.05, 4.69) is 5.32 Å². The van der Waals surface area contributed by atoms with Gasteiger partial charge in [0.05, 0.1) is 18.2 Å². The van der Waals surface area contributed by atoms with E-state index in [1.54, 1.807) is 15.9 Å². The molecule has 5 nitrogen and oxygen atoms in total. The lowest BCUT2D eigenvalue weighted by molar-refractivity contribution is -0.149. The van der Waals surface area contributed by atoms with E-state index in [1.807, 2.05) is 54.6 Å². The summed E-state index contributed by atoms with van der Waals surface area (Å²) in [6.45, 7) is 0.316. The topological polar surface area (TPSA) is 52.7 Å². The van der Waals surface area contributed by atoms with E-state index in [9.17, 15) is 22.8 Å². The fourth-order valence-corrected chi connectivity index (χ4v) is 5.20. The zero-order chi connectivity index (χ0) is 26.0. The predicted molar refractivity (Wildman–Crippen MR) is 135 cm³/mol. The molecule has 8 heteroatoms. The lowest BCUT2D eigenvalue weighted by atomic mass is 9.99. The van der Waals surface area contributed by atoms with Gasteiger partial charge < -0.3 is 15.1 Å². The number of aryl methyl sites for hydroxylation is 1. The van der Waals surface area contributed by atoms with Gasteiger partial charge in [0.2, 0.25) is 11.8 Å². The first-order valence-electron chi connectivity index (χ1n) is 12.4. The molecule has 3 aromatic carbocycles. The van der Waals surface area contributed by atoms with Crippen molar-refractivity contribution >= 4 is 17.5 Å². The number of hydrogen-bond acceptors (Lipinski definition) is 3. The minimum absolute atomic E-state index is 0.0668. The molecule has 1 saturated heterocycles. The summed E-state index contributed by atoms with van der Waals surface area (Å²) in [5.41, 5.74) is 2.77. The van der Waals surface area contributed by atoms with Crippen molar-refractivity contribution in [2.24, 2.45) is 0 Å². The van der Waals surface area contributed by atoms with Gasteiger partial charge >= 0.3 is 6.18 Å². The number of alkyl halides is 3. The van der Waals surface area contributed by atoms with Gasteiger partial charge in [0, 0.05) is 25.2 Å². The number of halogens is 3. The minimum atomic E-state index is -4.45. The summed E-state index contributed by atoms with van der Waals surface area (Å²) in [5.74, 6) is -0.390. The molecule has 1 N–H and O–H groups in total. The average Bonchev–Trinajstić information content (AvgIpc) is 3.33. The third-order valence-corrected chi connectivity index (χ3v) is 7.12. The van der Waals surface area contributed by atoms with Gasteiger partial charge in [0.15, 0.2) is 0 Å². The summed E-state index contributed by atoms with van der Waals surface area (Å²) < 4.78 is 39.8. The Morgan fingerprint density at radius 2 is 1.68 bits per heavy atom. The first kappa shape index (κ1) is 24.9. The molecular weight excluding hydrogens is 479 g/mol. The second kappa shape index (κ2) is 10.3. The molecule has 192 valence electrons. The maximum atomic E-state index is 13.4. The summed E-state index contributed by atoms with van der Waals surface area (Å²) in [7, 11) is 0. The first-order chi connectivity index (χ1) is 17.8. The highest BCUT2D eigenvalue weighted by Crippen LogP contribution is 2.31. The number of amides is 2. The highest BCUT2D eigenvalue weighted by Gasteiger charge is 2.38. The van der Waals surface area contributed by atoms with Crippen LogP contribution in [0.15, 0.2) is 78.9 Å².